The Morgan fingerprint density at radius 2 is 1.60 bits per heavy atom. The minimum atomic E-state index is 0.665. The molecule has 0 aliphatic rings. The molecule has 0 aliphatic heterocycles. The third-order valence-corrected chi connectivity index (χ3v) is 5.18. The first-order valence-electron chi connectivity index (χ1n) is 8.32. The lowest BCUT2D eigenvalue weighted by atomic mass is 9.96. The summed E-state index contributed by atoms with van der Waals surface area (Å²) in [6, 6.07) is 18.6. The summed E-state index contributed by atoms with van der Waals surface area (Å²) >= 11 is 1.67. The van der Waals surface area contributed by atoms with Crippen LogP contribution in [0.2, 0.25) is 0 Å². The van der Waals surface area contributed by atoms with Crippen LogP contribution in [0.15, 0.2) is 64.4 Å². The van der Waals surface area contributed by atoms with Crippen LogP contribution in [0, 0.1) is 20.8 Å². The Balaban J connectivity index is 1.97. The molecule has 0 spiro atoms. The Labute approximate surface area is 151 Å². The summed E-state index contributed by atoms with van der Waals surface area (Å²) in [6.45, 7) is 6.41. The summed E-state index contributed by atoms with van der Waals surface area (Å²) in [5.74, 6) is 1.52. The number of hydrogen-bond donors (Lipinski definition) is 0. The van der Waals surface area contributed by atoms with E-state index in [0.717, 1.165) is 21.9 Å². The normalized spacial score (nSPS) is 11.0. The van der Waals surface area contributed by atoms with Gasteiger partial charge in [-0.15, -0.1) is 11.3 Å². The molecule has 2 nitrogen and oxygen atoms in total. The van der Waals surface area contributed by atoms with Crippen molar-refractivity contribution in [2.24, 2.45) is 0 Å². The SMILES string of the molecule is Cc1cc(C)c(-c2nc(-c3ccccc3)oc2-c2cccs2)c(C)c1. The minimum absolute atomic E-state index is 0.665. The van der Waals surface area contributed by atoms with E-state index in [1.807, 2.05) is 36.4 Å². The number of benzene rings is 2. The molecular weight excluding hydrogens is 326 g/mol. The van der Waals surface area contributed by atoms with E-state index in [9.17, 15) is 0 Å². The molecule has 2 aromatic heterocycles. The third-order valence-electron chi connectivity index (χ3n) is 4.31. The Hall–Kier alpha value is -2.65. The van der Waals surface area contributed by atoms with Gasteiger partial charge in [-0.2, -0.15) is 0 Å². The number of aryl methyl sites for hydroxylation is 3. The van der Waals surface area contributed by atoms with Crippen molar-refractivity contribution in [3.05, 3.63) is 76.7 Å². The van der Waals surface area contributed by atoms with Gasteiger partial charge in [0.2, 0.25) is 5.89 Å². The molecule has 0 amide bonds. The molecule has 0 saturated carbocycles. The van der Waals surface area contributed by atoms with E-state index < -0.39 is 0 Å². The van der Waals surface area contributed by atoms with Gasteiger partial charge in [0.15, 0.2) is 5.76 Å². The quantitative estimate of drug-likeness (QED) is 0.415. The summed E-state index contributed by atoms with van der Waals surface area (Å²) in [7, 11) is 0. The molecule has 124 valence electrons. The van der Waals surface area contributed by atoms with E-state index in [2.05, 4.69) is 44.4 Å². The Bertz CT molecular complexity index is 991. The molecular formula is C22H19NOS. The van der Waals surface area contributed by atoms with Gasteiger partial charge in [-0.05, 0) is 55.5 Å². The molecule has 0 fully saturated rings. The molecule has 0 N–H and O–H groups in total. The highest BCUT2D eigenvalue weighted by Crippen LogP contribution is 2.40. The van der Waals surface area contributed by atoms with Crippen molar-refractivity contribution in [1.29, 1.82) is 0 Å². The van der Waals surface area contributed by atoms with E-state index in [4.69, 9.17) is 9.40 Å². The van der Waals surface area contributed by atoms with Gasteiger partial charge in [-0.3, -0.25) is 0 Å². The molecule has 0 atom stereocenters. The summed E-state index contributed by atoms with van der Waals surface area (Å²) in [5, 5.41) is 2.07. The predicted molar refractivity (Wildman–Crippen MR) is 105 cm³/mol. The number of oxazole rings is 1. The van der Waals surface area contributed by atoms with Gasteiger partial charge >= 0.3 is 0 Å². The topological polar surface area (TPSA) is 26.0 Å². The standard InChI is InChI=1S/C22H19NOS/c1-14-12-15(2)19(16(3)13-14)20-21(18-10-7-11-25-18)24-22(23-20)17-8-5-4-6-9-17/h4-13H,1-3H3. The molecule has 4 aromatic rings. The number of rotatable bonds is 3. The van der Waals surface area contributed by atoms with Crippen LogP contribution < -0.4 is 0 Å². The number of aromatic nitrogens is 1. The van der Waals surface area contributed by atoms with E-state index in [0.29, 0.717) is 5.89 Å². The maximum atomic E-state index is 6.24. The summed E-state index contributed by atoms with van der Waals surface area (Å²) < 4.78 is 6.24. The maximum Gasteiger partial charge on any atom is 0.227 e. The minimum Gasteiger partial charge on any atom is -0.435 e. The van der Waals surface area contributed by atoms with Gasteiger partial charge in [-0.1, -0.05) is 42.0 Å². The zero-order valence-corrected chi connectivity index (χ0v) is 15.4. The van der Waals surface area contributed by atoms with E-state index in [-0.39, 0.29) is 0 Å². The lowest BCUT2D eigenvalue weighted by molar-refractivity contribution is 0.590. The fourth-order valence-electron chi connectivity index (χ4n) is 3.32. The second-order valence-corrected chi connectivity index (χ2v) is 7.26. The molecule has 4 rings (SSSR count). The molecule has 0 aliphatic carbocycles. The van der Waals surface area contributed by atoms with Gasteiger partial charge in [0.05, 0.1) is 4.88 Å². The predicted octanol–water partition coefficient (Wildman–Crippen LogP) is 6.66. The van der Waals surface area contributed by atoms with Crippen molar-refractivity contribution in [3.63, 3.8) is 0 Å². The Morgan fingerprint density at radius 1 is 0.880 bits per heavy atom. The van der Waals surface area contributed by atoms with Crippen LogP contribution in [0.25, 0.3) is 33.3 Å². The van der Waals surface area contributed by atoms with E-state index >= 15 is 0 Å². The molecule has 2 aromatic carbocycles. The highest BCUT2D eigenvalue weighted by Gasteiger charge is 2.21. The van der Waals surface area contributed by atoms with Gasteiger partial charge < -0.3 is 4.42 Å². The fraction of sp³-hybridized carbons (Fsp3) is 0.136. The van der Waals surface area contributed by atoms with Crippen LogP contribution >= 0.6 is 11.3 Å². The molecule has 3 heteroatoms. The lowest BCUT2D eigenvalue weighted by Crippen LogP contribution is -1.92. The molecule has 0 saturated heterocycles. The zero-order valence-electron chi connectivity index (χ0n) is 14.5. The fourth-order valence-corrected chi connectivity index (χ4v) is 4.03. The third kappa shape index (κ3) is 2.92. The average molecular weight is 345 g/mol. The Kier molecular flexibility index (Phi) is 4.02. The second-order valence-electron chi connectivity index (χ2n) is 6.31. The van der Waals surface area contributed by atoms with Crippen LogP contribution in [0.5, 0.6) is 0 Å². The number of hydrogen-bond acceptors (Lipinski definition) is 3. The first-order valence-corrected chi connectivity index (χ1v) is 9.20. The van der Waals surface area contributed by atoms with Gasteiger partial charge in [0.1, 0.15) is 5.69 Å². The maximum absolute atomic E-state index is 6.24. The largest absolute Gasteiger partial charge is 0.435 e. The highest BCUT2D eigenvalue weighted by molar-refractivity contribution is 7.13. The molecule has 0 bridgehead atoms. The summed E-state index contributed by atoms with van der Waals surface area (Å²) in [4.78, 5) is 6.00. The number of thiophene rings is 1. The van der Waals surface area contributed by atoms with Crippen LogP contribution in [0.1, 0.15) is 16.7 Å². The van der Waals surface area contributed by atoms with Gasteiger partial charge in [0, 0.05) is 11.1 Å². The van der Waals surface area contributed by atoms with Gasteiger partial charge in [0.25, 0.3) is 0 Å². The first-order chi connectivity index (χ1) is 12.1. The first kappa shape index (κ1) is 15.9. The van der Waals surface area contributed by atoms with Gasteiger partial charge in [-0.25, -0.2) is 4.98 Å². The molecule has 0 radical (unpaired) electrons. The smallest absolute Gasteiger partial charge is 0.227 e. The van der Waals surface area contributed by atoms with Crippen molar-refractivity contribution in [2.45, 2.75) is 20.8 Å². The van der Waals surface area contributed by atoms with Crippen molar-refractivity contribution in [1.82, 2.24) is 4.98 Å². The van der Waals surface area contributed by atoms with Crippen molar-refractivity contribution >= 4 is 11.3 Å². The highest BCUT2D eigenvalue weighted by atomic mass is 32.1. The van der Waals surface area contributed by atoms with Crippen LogP contribution in [0.4, 0.5) is 0 Å². The van der Waals surface area contributed by atoms with Crippen molar-refractivity contribution in [3.8, 4) is 33.3 Å². The lowest BCUT2D eigenvalue weighted by Gasteiger charge is -2.09. The molecule has 2 heterocycles. The summed E-state index contributed by atoms with van der Waals surface area (Å²) in [5.41, 5.74) is 6.81. The van der Waals surface area contributed by atoms with Crippen LogP contribution in [-0.2, 0) is 0 Å². The average Bonchev–Trinajstić information content (AvgIpc) is 3.24. The van der Waals surface area contributed by atoms with Crippen LogP contribution in [-0.4, -0.2) is 4.98 Å². The summed E-state index contributed by atoms with van der Waals surface area (Å²) in [6.07, 6.45) is 0. The zero-order chi connectivity index (χ0) is 17.4. The van der Waals surface area contributed by atoms with E-state index in [1.165, 1.54) is 22.3 Å². The molecule has 25 heavy (non-hydrogen) atoms. The van der Waals surface area contributed by atoms with Crippen LogP contribution in [0.3, 0.4) is 0 Å². The van der Waals surface area contributed by atoms with Crippen molar-refractivity contribution < 1.29 is 4.42 Å². The van der Waals surface area contributed by atoms with E-state index in [1.54, 1.807) is 11.3 Å². The molecule has 0 unspecified atom stereocenters. The Morgan fingerprint density at radius 3 is 2.24 bits per heavy atom. The second kappa shape index (κ2) is 6.34. The van der Waals surface area contributed by atoms with Crippen molar-refractivity contribution in [2.75, 3.05) is 0 Å². The monoisotopic (exact) mass is 345 g/mol. The number of nitrogens with zero attached hydrogens (tertiary/aromatic N) is 1.